The topological polar surface area (TPSA) is 37.4 Å². The summed E-state index contributed by atoms with van der Waals surface area (Å²) in [6.45, 7) is 1.68. The Morgan fingerprint density at radius 3 is 2.87 bits per heavy atom. The molecule has 1 N–H and O–H groups in total. The predicted molar refractivity (Wildman–Crippen MR) is 89.6 cm³/mol. The third-order valence-electron chi connectivity index (χ3n) is 3.41. The molecule has 0 spiro atoms. The number of fused-ring (bicyclic) bond motifs is 1. The molecule has 1 aliphatic rings. The summed E-state index contributed by atoms with van der Waals surface area (Å²) in [5.74, 6) is 0.574. The van der Waals surface area contributed by atoms with Crippen LogP contribution in [-0.4, -0.2) is 24.4 Å². The highest BCUT2D eigenvalue weighted by Gasteiger charge is 2.32. The molecule has 2 heterocycles. The zero-order valence-electron chi connectivity index (χ0n) is 11.9. The number of nitrogens with one attached hydrogen (secondary N) is 1. The first-order valence-electron chi connectivity index (χ1n) is 6.90. The van der Waals surface area contributed by atoms with Gasteiger partial charge in [-0.2, -0.15) is 0 Å². The summed E-state index contributed by atoms with van der Waals surface area (Å²) in [6, 6.07) is 8.17. The van der Waals surface area contributed by atoms with Crippen LogP contribution in [0.3, 0.4) is 0 Å². The summed E-state index contributed by atoms with van der Waals surface area (Å²) < 4.78 is 42.7. The number of anilines is 2. The van der Waals surface area contributed by atoms with Crippen molar-refractivity contribution < 1.29 is 17.9 Å². The van der Waals surface area contributed by atoms with Gasteiger partial charge in [-0.25, -0.2) is 4.98 Å². The summed E-state index contributed by atoms with van der Waals surface area (Å²) in [5, 5.41) is 3.19. The quantitative estimate of drug-likeness (QED) is 0.740. The van der Waals surface area contributed by atoms with Crippen LogP contribution in [0.15, 0.2) is 36.5 Å². The SMILES string of the molecule is FC(F)(F)Oc1ccccc1CN1CCNc2ncc(I)cc21. The molecule has 0 saturated carbocycles. The van der Waals surface area contributed by atoms with Crippen molar-refractivity contribution in [3.05, 3.63) is 45.7 Å². The molecule has 2 aromatic rings. The Hall–Kier alpha value is -1.71. The van der Waals surface area contributed by atoms with Crippen LogP contribution in [-0.2, 0) is 6.54 Å². The smallest absolute Gasteiger partial charge is 0.405 e. The maximum absolute atomic E-state index is 12.5. The van der Waals surface area contributed by atoms with Crippen LogP contribution in [0.25, 0.3) is 0 Å². The lowest BCUT2D eigenvalue weighted by atomic mass is 10.1. The van der Waals surface area contributed by atoms with Gasteiger partial charge in [-0.05, 0) is 34.7 Å². The third-order valence-corrected chi connectivity index (χ3v) is 4.00. The van der Waals surface area contributed by atoms with Crippen molar-refractivity contribution in [3.8, 4) is 5.75 Å². The maximum atomic E-state index is 12.5. The summed E-state index contributed by atoms with van der Waals surface area (Å²) in [5.41, 5.74) is 1.36. The van der Waals surface area contributed by atoms with Crippen molar-refractivity contribution in [1.82, 2.24) is 4.98 Å². The van der Waals surface area contributed by atoms with Crippen LogP contribution in [0.1, 0.15) is 5.56 Å². The highest BCUT2D eigenvalue weighted by atomic mass is 127. The van der Waals surface area contributed by atoms with Gasteiger partial charge in [0, 0.05) is 35.0 Å². The number of nitrogens with zero attached hydrogens (tertiary/aromatic N) is 2. The van der Waals surface area contributed by atoms with Gasteiger partial charge in [0.2, 0.25) is 0 Å². The summed E-state index contributed by atoms with van der Waals surface area (Å²) in [6.07, 6.45) is -2.95. The number of para-hydroxylation sites is 1. The molecule has 0 radical (unpaired) electrons. The van der Waals surface area contributed by atoms with E-state index in [-0.39, 0.29) is 5.75 Å². The van der Waals surface area contributed by atoms with E-state index in [4.69, 9.17) is 0 Å². The van der Waals surface area contributed by atoms with Gasteiger partial charge < -0.3 is 15.0 Å². The first-order valence-corrected chi connectivity index (χ1v) is 7.98. The van der Waals surface area contributed by atoms with Gasteiger partial charge in [0.15, 0.2) is 0 Å². The molecule has 0 fully saturated rings. The molecule has 0 bridgehead atoms. The number of hydrogen-bond donors (Lipinski definition) is 1. The first-order chi connectivity index (χ1) is 10.9. The number of alkyl halides is 3. The Morgan fingerprint density at radius 1 is 1.30 bits per heavy atom. The molecule has 3 rings (SSSR count). The van der Waals surface area contributed by atoms with Crippen LogP contribution in [0.5, 0.6) is 5.75 Å². The van der Waals surface area contributed by atoms with Crippen molar-refractivity contribution in [1.29, 1.82) is 0 Å². The number of ether oxygens (including phenoxy) is 1. The molecule has 1 aromatic heterocycles. The summed E-state index contributed by atoms with van der Waals surface area (Å²) >= 11 is 2.16. The molecule has 8 heteroatoms. The zero-order valence-corrected chi connectivity index (χ0v) is 14.1. The van der Waals surface area contributed by atoms with Crippen LogP contribution in [0.2, 0.25) is 0 Å². The molecule has 0 saturated heterocycles. The van der Waals surface area contributed by atoms with E-state index in [9.17, 15) is 13.2 Å². The van der Waals surface area contributed by atoms with Crippen LogP contribution in [0, 0.1) is 3.57 Å². The van der Waals surface area contributed by atoms with E-state index in [0.717, 1.165) is 15.1 Å². The minimum atomic E-state index is -4.70. The van der Waals surface area contributed by atoms with E-state index in [1.165, 1.54) is 12.1 Å². The minimum absolute atomic E-state index is 0.168. The van der Waals surface area contributed by atoms with Gasteiger partial charge in [0.05, 0.1) is 5.69 Å². The third kappa shape index (κ3) is 3.98. The van der Waals surface area contributed by atoms with Gasteiger partial charge in [0.25, 0.3) is 0 Å². The summed E-state index contributed by atoms with van der Waals surface area (Å²) in [4.78, 5) is 6.32. The van der Waals surface area contributed by atoms with E-state index in [0.29, 0.717) is 25.2 Å². The monoisotopic (exact) mass is 435 g/mol. The van der Waals surface area contributed by atoms with Gasteiger partial charge in [-0.3, -0.25) is 0 Å². The number of rotatable bonds is 3. The normalized spacial score (nSPS) is 14.2. The molecule has 122 valence electrons. The lowest BCUT2D eigenvalue weighted by Crippen LogP contribution is -2.34. The van der Waals surface area contributed by atoms with E-state index < -0.39 is 6.36 Å². The predicted octanol–water partition coefficient (Wildman–Crippen LogP) is 4.02. The minimum Gasteiger partial charge on any atom is -0.405 e. The lowest BCUT2D eigenvalue weighted by molar-refractivity contribution is -0.274. The molecular weight excluding hydrogens is 422 g/mol. The second-order valence-electron chi connectivity index (χ2n) is 5.03. The second-order valence-corrected chi connectivity index (χ2v) is 6.27. The van der Waals surface area contributed by atoms with E-state index >= 15 is 0 Å². The largest absolute Gasteiger partial charge is 0.573 e. The van der Waals surface area contributed by atoms with Crippen LogP contribution < -0.4 is 15.0 Å². The highest BCUT2D eigenvalue weighted by molar-refractivity contribution is 14.1. The van der Waals surface area contributed by atoms with E-state index in [1.54, 1.807) is 18.3 Å². The fourth-order valence-electron chi connectivity index (χ4n) is 2.46. The highest BCUT2D eigenvalue weighted by Crippen LogP contribution is 2.32. The lowest BCUT2D eigenvalue weighted by Gasteiger charge is -2.32. The molecular formula is C15H13F3IN3O. The number of halogens is 4. The Labute approximate surface area is 144 Å². The molecule has 23 heavy (non-hydrogen) atoms. The average Bonchev–Trinajstić information content (AvgIpc) is 2.48. The standard InChI is InChI=1S/C15H13F3IN3O/c16-15(17,18)23-13-4-2-1-3-10(13)9-22-6-5-20-14-12(22)7-11(19)8-21-14/h1-4,7-8H,5-6,9H2,(H,20,21). The Morgan fingerprint density at radius 2 is 2.09 bits per heavy atom. The summed E-state index contributed by atoms with van der Waals surface area (Å²) in [7, 11) is 0. The molecule has 0 aliphatic carbocycles. The Kier molecular flexibility index (Phi) is 4.51. The van der Waals surface area contributed by atoms with Gasteiger partial charge in [-0.15, -0.1) is 13.2 Å². The number of aromatic nitrogens is 1. The van der Waals surface area contributed by atoms with Crippen molar-refractivity contribution in [3.63, 3.8) is 0 Å². The molecule has 0 atom stereocenters. The van der Waals surface area contributed by atoms with Crippen molar-refractivity contribution >= 4 is 34.1 Å². The van der Waals surface area contributed by atoms with E-state index in [1.807, 2.05) is 11.0 Å². The number of pyridine rings is 1. The van der Waals surface area contributed by atoms with Crippen molar-refractivity contribution in [2.24, 2.45) is 0 Å². The van der Waals surface area contributed by atoms with Crippen LogP contribution >= 0.6 is 22.6 Å². The molecule has 1 aromatic carbocycles. The van der Waals surface area contributed by atoms with Crippen LogP contribution in [0.4, 0.5) is 24.7 Å². The van der Waals surface area contributed by atoms with Gasteiger partial charge in [-0.1, -0.05) is 18.2 Å². The van der Waals surface area contributed by atoms with Gasteiger partial charge >= 0.3 is 6.36 Å². The molecule has 0 unspecified atom stereocenters. The first kappa shape index (κ1) is 16.2. The fraction of sp³-hybridized carbons (Fsp3) is 0.267. The Balaban J connectivity index is 1.88. The molecule has 1 aliphatic heterocycles. The number of hydrogen-bond acceptors (Lipinski definition) is 4. The maximum Gasteiger partial charge on any atom is 0.573 e. The zero-order chi connectivity index (χ0) is 16.4. The van der Waals surface area contributed by atoms with E-state index in [2.05, 4.69) is 37.6 Å². The number of benzene rings is 1. The molecule has 0 amide bonds. The average molecular weight is 435 g/mol. The second kappa shape index (κ2) is 6.42. The molecule has 4 nitrogen and oxygen atoms in total. The Bertz CT molecular complexity index is 709. The van der Waals surface area contributed by atoms with Gasteiger partial charge in [0.1, 0.15) is 11.6 Å². The van der Waals surface area contributed by atoms with Crippen molar-refractivity contribution in [2.75, 3.05) is 23.3 Å². The van der Waals surface area contributed by atoms with Crippen molar-refractivity contribution in [2.45, 2.75) is 12.9 Å². The fourth-order valence-corrected chi connectivity index (χ4v) is 2.90.